The number of hydrogen-bond donors (Lipinski definition) is 1. The van der Waals surface area contributed by atoms with Crippen LogP contribution < -0.4 is 0 Å². The number of carbonyl (C=O) groups is 1. The van der Waals surface area contributed by atoms with Crippen LogP contribution in [0, 0.1) is 0 Å². The van der Waals surface area contributed by atoms with E-state index >= 15 is 0 Å². The van der Waals surface area contributed by atoms with Crippen LogP contribution in [-0.4, -0.2) is 23.8 Å². The van der Waals surface area contributed by atoms with Gasteiger partial charge in [0.2, 0.25) is 0 Å². The minimum Gasteiger partial charge on any atom is -0.460 e. The summed E-state index contributed by atoms with van der Waals surface area (Å²) in [5, 5.41) is 8.82. The fourth-order valence-corrected chi connectivity index (χ4v) is 0.889. The van der Waals surface area contributed by atoms with Crippen LogP contribution in [0.3, 0.4) is 0 Å². The number of aliphatic hydroxyl groups excluding tert-OH is 1. The Bertz CT molecular complexity index is 123. The molecule has 12 heavy (non-hydrogen) atoms. The lowest BCUT2D eigenvalue weighted by atomic mass is 10.2. The highest BCUT2D eigenvalue weighted by Crippen LogP contribution is 2.05. The molecule has 1 atom stereocenters. The maximum Gasteiger partial charge on any atom is 0.305 e. The molecular formula is C9H18O3. The van der Waals surface area contributed by atoms with Gasteiger partial charge in [-0.1, -0.05) is 20.3 Å². The molecule has 3 nitrogen and oxygen atoms in total. The lowest BCUT2D eigenvalue weighted by molar-refractivity contribution is -0.151. The van der Waals surface area contributed by atoms with Gasteiger partial charge in [-0.25, -0.2) is 0 Å². The van der Waals surface area contributed by atoms with E-state index in [1.54, 1.807) is 6.92 Å². The van der Waals surface area contributed by atoms with Crippen molar-refractivity contribution in [3.8, 4) is 0 Å². The molecule has 0 spiro atoms. The van der Waals surface area contributed by atoms with Gasteiger partial charge in [-0.05, 0) is 12.8 Å². The molecule has 0 saturated carbocycles. The molecular weight excluding hydrogens is 156 g/mol. The first kappa shape index (κ1) is 11.4. The maximum atomic E-state index is 10.8. The quantitative estimate of drug-likeness (QED) is 0.620. The monoisotopic (exact) mass is 174 g/mol. The van der Waals surface area contributed by atoms with Crippen LogP contribution in [0.15, 0.2) is 0 Å². The minimum absolute atomic E-state index is 0.0637. The van der Waals surface area contributed by atoms with Gasteiger partial charge in [0.15, 0.2) is 0 Å². The summed E-state index contributed by atoms with van der Waals surface area (Å²) in [6.07, 6.45) is 2.89. The van der Waals surface area contributed by atoms with Gasteiger partial charge in [0.05, 0.1) is 6.61 Å². The molecule has 0 aromatic carbocycles. The second-order valence-electron chi connectivity index (χ2n) is 2.79. The Morgan fingerprint density at radius 2 is 2.17 bits per heavy atom. The fourth-order valence-electron chi connectivity index (χ4n) is 0.889. The summed E-state index contributed by atoms with van der Waals surface area (Å²) in [6.45, 7) is 3.75. The van der Waals surface area contributed by atoms with Crippen molar-refractivity contribution in [2.45, 2.75) is 45.6 Å². The van der Waals surface area contributed by atoms with Crippen molar-refractivity contribution >= 4 is 5.97 Å². The van der Waals surface area contributed by atoms with Crippen molar-refractivity contribution in [3.05, 3.63) is 0 Å². The van der Waals surface area contributed by atoms with Crippen molar-refractivity contribution in [3.63, 3.8) is 0 Å². The molecule has 1 unspecified atom stereocenters. The third-order valence-corrected chi connectivity index (χ3v) is 1.67. The van der Waals surface area contributed by atoms with E-state index in [2.05, 4.69) is 6.92 Å². The Kier molecular flexibility index (Phi) is 6.76. The highest BCUT2D eigenvalue weighted by atomic mass is 16.5. The average Bonchev–Trinajstić information content (AvgIpc) is 2.11. The Labute approximate surface area is 73.7 Å². The van der Waals surface area contributed by atoms with E-state index in [1.807, 2.05) is 0 Å². The molecule has 1 N–H and O–H groups in total. The topological polar surface area (TPSA) is 46.5 Å². The van der Waals surface area contributed by atoms with E-state index in [0.717, 1.165) is 19.3 Å². The van der Waals surface area contributed by atoms with Gasteiger partial charge < -0.3 is 9.84 Å². The molecule has 72 valence electrons. The summed E-state index contributed by atoms with van der Waals surface area (Å²) >= 11 is 0. The van der Waals surface area contributed by atoms with Crippen molar-refractivity contribution in [1.29, 1.82) is 0 Å². The number of ether oxygens (including phenoxy) is 1. The zero-order chi connectivity index (χ0) is 9.40. The highest BCUT2D eigenvalue weighted by Gasteiger charge is 2.10. The Morgan fingerprint density at radius 1 is 1.50 bits per heavy atom. The summed E-state index contributed by atoms with van der Waals surface area (Å²) in [6, 6.07) is 0. The second-order valence-corrected chi connectivity index (χ2v) is 2.79. The number of esters is 1. The largest absolute Gasteiger partial charge is 0.460 e. The number of aliphatic hydroxyl groups is 1. The standard InChI is InChI=1S/C9H18O3/c1-3-5-6-8(7-10)12-9(11)4-2/h8,10H,3-7H2,1-2H3. The second kappa shape index (κ2) is 7.10. The molecule has 0 radical (unpaired) electrons. The molecule has 0 aliphatic carbocycles. The minimum atomic E-state index is -0.294. The summed E-state index contributed by atoms with van der Waals surface area (Å²) in [4.78, 5) is 10.8. The molecule has 0 heterocycles. The SMILES string of the molecule is CCCCC(CO)OC(=O)CC. The maximum absolute atomic E-state index is 10.8. The molecule has 0 fully saturated rings. The third-order valence-electron chi connectivity index (χ3n) is 1.67. The van der Waals surface area contributed by atoms with E-state index in [1.165, 1.54) is 0 Å². The van der Waals surface area contributed by atoms with Crippen LogP contribution >= 0.6 is 0 Å². The van der Waals surface area contributed by atoms with Crippen LogP contribution in [0.25, 0.3) is 0 Å². The van der Waals surface area contributed by atoms with E-state index in [4.69, 9.17) is 9.84 Å². The number of rotatable bonds is 6. The van der Waals surface area contributed by atoms with Crippen molar-refractivity contribution in [2.75, 3.05) is 6.61 Å². The fraction of sp³-hybridized carbons (Fsp3) is 0.889. The third kappa shape index (κ3) is 5.13. The van der Waals surface area contributed by atoms with Crippen LogP contribution in [0.1, 0.15) is 39.5 Å². The number of unbranched alkanes of at least 4 members (excludes halogenated alkanes) is 1. The molecule has 0 aliphatic heterocycles. The van der Waals surface area contributed by atoms with Gasteiger partial charge in [0.1, 0.15) is 6.10 Å². The van der Waals surface area contributed by atoms with Gasteiger partial charge in [-0.15, -0.1) is 0 Å². The highest BCUT2D eigenvalue weighted by molar-refractivity contribution is 5.69. The van der Waals surface area contributed by atoms with E-state index in [-0.39, 0.29) is 18.7 Å². The van der Waals surface area contributed by atoms with Gasteiger partial charge in [-0.2, -0.15) is 0 Å². The Balaban J connectivity index is 3.59. The molecule has 0 saturated heterocycles. The van der Waals surface area contributed by atoms with Crippen molar-refractivity contribution in [1.82, 2.24) is 0 Å². The average molecular weight is 174 g/mol. The smallest absolute Gasteiger partial charge is 0.305 e. The summed E-state index contributed by atoms with van der Waals surface area (Å²) < 4.78 is 4.96. The normalized spacial score (nSPS) is 12.6. The molecule has 0 amide bonds. The molecule has 0 aromatic rings. The summed E-state index contributed by atoms with van der Waals surface area (Å²) in [7, 11) is 0. The van der Waals surface area contributed by atoms with E-state index < -0.39 is 0 Å². The van der Waals surface area contributed by atoms with Crippen LogP contribution in [0.5, 0.6) is 0 Å². The van der Waals surface area contributed by atoms with Gasteiger partial charge in [0.25, 0.3) is 0 Å². The van der Waals surface area contributed by atoms with Crippen LogP contribution in [0.4, 0.5) is 0 Å². The molecule has 3 heteroatoms. The number of carbonyl (C=O) groups excluding carboxylic acids is 1. The van der Waals surface area contributed by atoms with Gasteiger partial charge in [-0.3, -0.25) is 4.79 Å². The lowest BCUT2D eigenvalue weighted by Crippen LogP contribution is -2.21. The van der Waals surface area contributed by atoms with Crippen molar-refractivity contribution < 1.29 is 14.6 Å². The first-order valence-electron chi connectivity index (χ1n) is 4.54. The number of hydrogen-bond acceptors (Lipinski definition) is 3. The lowest BCUT2D eigenvalue weighted by Gasteiger charge is -2.13. The molecule has 0 aliphatic rings. The first-order chi connectivity index (χ1) is 5.74. The zero-order valence-electron chi connectivity index (χ0n) is 7.88. The van der Waals surface area contributed by atoms with Crippen molar-refractivity contribution in [2.24, 2.45) is 0 Å². The Hall–Kier alpha value is -0.570. The first-order valence-corrected chi connectivity index (χ1v) is 4.54. The van der Waals surface area contributed by atoms with E-state index in [0.29, 0.717) is 6.42 Å². The molecule has 0 aromatic heterocycles. The summed E-state index contributed by atoms with van der Waals surface area (Å²) in [5.74, 6) is -0.231. The van der Waals surface area contributed by atoms with Gasteiger partial charge in [0, 0.05) is 6.42 Å². The molecule has 0 bridgehead atoms. The molecule has 0 rings (SSSR count). The Morgan fingerprint density at radius 3 is 2.58 bits per heavy atom. The predicted molar refractivity (Wildman–Crippen MR) is 46.8 cm³/mol. The van der Waals surface area contributed by atoms with Crippen LogP contribution in [-0.2, 0) is 9.53 Å². The summed E-state index contributed by atoms with van der Waals surface area (Å²) in [5.41, 5.74) is 0. The van der Waals surface area contributed by atoms with Crippen LogP contribution in [0.2, 0.25) is 0 Å². The predicted octanol–water partition coefficient (Wildman–Crippen LogP) is 1.49. The van der Waals surface area contributed by atoms with Gasteiger partial charge >= 0.3 is 5.97 Å². The van der Waals surface area contributed by atoms with E-state index in [9.17, 15) is 4.79 Å². The zero-order valence-corrected chi connectivity index (χ0v) is 7.88.